The van der Waals surface area contributed by atoms with Crippen LogP contribution in [0, 0.1) is 25.7 Å². The summed E-state index contributed by atoms with van der Waals surface area (Å²) in [7, 11) is 1.73. The maximum Gasteiger partial charge on any atom is 0.230 e. The fourth-order valence-electron chi connectivity index (χ4n) is 5.01. The highest BCUT2D eigenvalue weighted by molar-refractivity contribution is 5.93. The highest BCUT2D eigenvalue weighted by Crippen LogP contribution is 2.52. The predicted octanol–water partition coefficient (Wildman–Crippen LogP) is 2.23. The van der Waals surface area contributed by atoms with Crippen LogP contribution < -0.4 is 0 Å². The number of ether oxygens (including phenoxy) is 1. The number of hydrogen-bond donors (Lipinski definition) is 0. The van der Waals surface area contributed by atoms with Gasteiger partial charge in [0.05, 0.1) is 31.0 Å². The molecule has 4 heterocycles. The number of likely N-dealkylation sites (tertiary alicyclic amines) is 1. The van der Waals surface area contributed by atoms with Crippen molar-refractivity contribution in [3.8, 4) is 0 Å². The highest BCUT2D eigenvalue weighted by Gasteiger charge is 2.67. The Morgan fingerprint density at radius 3 is 2.87 bits per heavy atom. The van der Waals surface area contributed by atoms with Crippen LogP contribution in [0.15, 0.2) is 47.2 Å². The van der Waals surface area contributed by atoms with E-state index in [9.17, 15) is 9.59 Å². The number of carbonyl (C=O) groups is 2. The summed E-state index contributed by atoms with van der Waals surface area (Å²) in [4.78, 5) is 30.1. The number of aromatic nitrogens is 1. The Hall–Kier alpha value is -2.93. The molecule has 3 aliphatic heterocycles. The van der Waals surface area contributed by atoms with Crippen LogP contribution in [0.4, 0.5) is 0 Å². The van der Waals surface area contributed by atoms with Crippen molar-refractivity contribution in [3.05, 3.63) is 65.1 Å². The molecule has 0 N–H and O–H groups in total. The Kier molecular flexibility index (Phi) is 4.32. The van der Waals surface area contributed by atoms with Gasteiger partial charge in [-0.1, -0.05) is 35.5 Å². The first-order valence-electron chi connectivity index (χ1n) is 10.2. The average Bonchev–Trinajstić information content (AvgIpc) is 3.47. The van der Waals surface area contributed by atoms with Gasteiger partial charge in [0.1, 0.15) is 17.6 Å². The minimum Gasteiger partial charge on any atom is -0.364 e. The minimum atomic E-state index is -0.698. The van der Waals surface area contributed by atoms with Crippen molar-refractivity contribution in [2.45, 2.75) is 38.6 Å². The molecule has 2 fully saturated rings. The lowest BCUT2D eigenvalue weighted by Gasteiger charge is -2.27. The van der Waals surface area contributed by atoms with Crippen LogP contribution in [0.25, 0.3) is 0 Å². The van der Waals surface area contributed by atoms with Crippen molar-refractivity contribution in [3.63, 3.8) is 0 Å². The van der Waals surface area contributed by atoms with E-state index in [1.165, 1.54) is 17.4 Å². The fourth-order valence-corrected chi connectivity index (χ4v) is 5.01. The van der Waals surface area contributed by atoms with E-state index in [1.807, 2.05) is 17.1 Å². The summed E-state index contributed by atoms with van der Waals surface area (Å²) in [6.07, 6.45) is 5.06. The number of benzene rings is 1. The molecule has 2 bridgehead atoms. The number of aryl methyl sites for hydroxylation is 2. The molecule has 1 aromatic carbocycles. The van der Waals surface area contributed by atoms with Crippen molar-refractivity contribution in [2.24, 2.45) is 11.8 Å². The summed E-state index contributed by atoms with van der Waals surface area (Å²) in [5.41, 5.74) is 3.50. The molecule has 7 heteroatoms. The number of hydrogen-bond acceptors (Lipinski definition) is 5. The SMILES string of the molecule is Cc1ccc(CN2C[C@]34C=C[C@H](O3)[C@H](C(=O)N(C)Cc3ccon3)[C@@H]4C2=O)cc1C. The Morgan fingerprint density at radius 1 is 1.30 bits per heavy atom. The molecule has 1 spiro atoms. The molecule has 1 aromatic heterocycles. The Balaban J connectivity index is 1.36. The van der Waals surface area contributed by atoms with Gasteiger partial charge < -0.3 is 19.1 Å². The van der Waals surface area contributed by atoms with E-state index in [2.05, 4.69) is 37.2 Å². The quantitative estimate of drug-likeness (QED) is 0.711. The molecule has 156 valence electrons. The third kappa shape index (κ3) is 2.88. The molecule has 0 aliphatic carbocycles. The number of nitrogens with zero attached hydrogens (tertiary/aromatic N) is 3. The first-order valence-corrected chi connectivity index (χ1v) is 10.2. The lowest BCUT2D eigenvalue weighted by Crippen LogP contribution is -2.44. The minimum absolute atomic E-state index is 0.00624. The molecule has 2 aromatic rings. The van der Waals surface area contributed by atoms with Gasteiger partial charge in [-0.05, 0) is 30.5 Å². The third-order valence-electron chi connectivity index (χ3n) is 6.68. The second-order valence-electron chi connectivity index (χ2n) is 8.70. The number of fused-ring (bicyclic) bond motifs is 1. The molecule has 7 nitrogen and oxygen atoms in total. The van der Waals surface area contributed by atoms with E-state index < -0.39 is 17.4 Å². The molecule has 5 rings (SSSR count). The summed E-state index contributed by atoms with van der Waals surface area (Å²) in [5.74, 6) is -1.09. The second-order valence-corrected chi connectivity index (χ2v) is 8.70. The van der Waals surface area contributed by atoms with Crippen LogP contribution >= 0.6 is 0 Å². The smallest absolute Gasteiger partial charge is 0.230 e. The van der Waals surface area contributed by atoms with Crippen molar-refractivity contribution in [1.29, 1.82) is 0 Å². The molecule has 0 radical (unpaired) electrons. The lowest BCUT2D eigenvalue weighted by molar-refractivity contribution is -0.143. The maximum absolute atomic E-state index is 13.4. The Morgan fingerprint density at radius 2 is 2.13 bits per heavy atom. The van der Waals surface area contributed by atoms with Gasteiger partial charge >= 0.3 is 0 Å². The first kappa shape index (κ1) is 19.1. The van der Waals surface area contributed by atoms with Gasteiger partial charge in [-0.3, -0.25) is 9.59 Å². The van der Waals surface area contributed by atoms with Gasteiger partial charge in [-0.15, -0.1) is 0 Å². The molecule has 30 heavy (non-hydrogen) atoms. The molecular weight excluding hydrogens is 382 g/mol. The van der Waals surface area contributed by atoms with Gasteiger partial charge in [0.2, 0.25) is 11.8 Å². The van der Waals surface area contributed by atoms with Crippen molar-refractivity contribution in [1.82, 2.24) is 15.0 Å². The lowest BCUT2D eigenvalue weighted by atomic mass is 9.76. The zero-order valence-electron chi connectivity index (χ0n) is 17.4. The van der Waals surface area contributed by atoms with E-state index in [0.29, 0.717) is 25.3 Å². The summed E-state index contributed by atoms with van der Waals surface area (Å²) in [6, 6.07) is 7.99. The maximum atomic E-state index is 13.4. The van der Waals surface area contributed by atoms with Crippen LogP contribution in [0.3, 0.4) is 0 Å². The van der Waals surface area contributed by atoms with Gasteiger partial charge in [0.25, 0.3) is 0 Å². The molecule has 0 saturated carbocycles. The zero-order chi connectivity index (χ0) is 21.0. The Labute approximate surface area is 175 Å². The predicted molar refractivity (Wildman–Crippen MR) is 108 cm³/mol. The van der Waals surface area contributed by atoms with Crippen molar-refractivity contribution < 1.29 is 18.8 Å². The van der Waals surface area contributed by atoms with Gasteiger partial charge in [-0.25, -0.2) is 0 Å². The standard InChI is InChI=1S/C23H25N3O4/c1-14-4-5-16(10-15(14)2)11-26-13-23-8-6-18(30-23)19(20(23)22(26)28)21(27)25(3)12-17-7-9-29-24-17/h4-10,18-20H,11-13H2,1-3H3/t18-,19-,20+,23-/m0/s1. The molecule has 2 saturated heterocycles. The van der Waals surface area contributed by atoms with Crippen molar-refractivity contribution >= 4 is 11.8 Å². The third-order valence-corrected chi connectivity index (χ3v) is 6.68. The average molecular weight is 407 g/mol. The summed E-state index contributed by atoms with van der Waals surface area (Å²) < 4.78 is 11.1. The monoisotopic (exact) mass is 407 g/mol. The van der Waals surface area contributed by atoms with Crippen LogP contribution in [-0.4, -0.2) is 52.1 Å². The van der Waals surface area contributed by atoms with E-state index in [1.54, 1.807) is 18.0 Å². The molecule has 3 aliphatic rings. The van der Waals surface area contributed by atoms with Crippen LogP contribution in [0.5, 0.6) is 0 Å². The normalized spacial score (nSPS) is 29.0. The second kappa shape index (κ2) is 6.80. The molecule has 4 atom stereocenters. The molecular formula is C23H25N3O4. The zero-order valence-corrected chi connectivity index (χ0v) is 17.4. The number of amides is 2. The molecule has 0 unspecified atom stereocenters. The van der Waals surface area contributed by atoms with E-state index in [4.69, 9.17) is 9.26 Å². The largest absolute Gasteiger partial charge is 0.364 e. The van der Waals surface area contributed by atoms with E-state index >= 15 is 0 Å². The fraction of sp³-hybridized carbons (Fsp3) is 0.435. The summed E-state index contributed by atoms with van der Waals surface area (Å²) in [6.45, 7) is 5.49. The number of carbonyl (C=O) groups excluding carboxylic acids is 2. The van der Waals surface area contributed by atoms with Gasteiger partial charge in [0, 0.05) is 19.7 Å². The van der Waals surface area contributed by atoms with Gasteiger partial charge in [0.15, 0.2) is 0 Å². The first-order chi connectivity index (χ1) is 14.4. The van der Waals surface area contributed by atoms with E-state index in [0.717, 1.165) is 5.56 Å². The van der Waals surface area contributed by atoms with Crippen LogP contribution in [-0.2, 0) is 27.4 Å². The Bertz CT molecular complexity index is 1030. The topological polar surface area (TPSA) is 75.9 Å². The summed E-state index contributed by atoms with van der Waals surface area (Å²) >= 11 is 0. The van der Waals surface area contributed by atoms with Crippen LogP contribution in [0.1, 0.15) is 22.4 Å². The highest BCUT2D eigenvalue weighted by atomic mass is 16.5. The van der Waals surface area contributed by atoms with Gasteiger partial charge in [-0.2, -0.15) is 0 Å². The van der Waals surface area contributed by atoms with E-state index in [-0.39, 0.29) is 17.9 Å². The number of rotatable bonds is 5. The molecule has 2 amide bonds. The van der Waals surface area contributed by atoms with Crippen molar-refractivity contribution in [2.75, 3.05) is 13.6 Å². The summed E-state index contributed by atoms with van der Waals surface area (Å²) in [5, 5.41) is 3.88. The van der Waals surface area contributed by atoms with Crippen LogP contribution in [0.2, 0.25) is 0 Å².